The number of piperidine rings is 1. The number of aromatic nitrogens is 4. The Balaban J connectivity index is 1.45. The first-order valence-electron chi connectivity index (χ1n) is 10.6. The van der Waals surface area contributed by atoms with E-state index in [2.05, 4.69) is 26.4 Å². The average Bonchev–Trinajstić information content (AvgIpc) is 3.24. The molecular weight excluding hydrogens is 414 g/mol. The van der Waals surface area contributed by atoms with Crippen LogP contribution < -0.4 is 10.1 Å². The zero-order chi connectivity index (χ0) is 22.1. The first-order chi connectivity index (χ1) is 15.7. The molecule has 1 aliphatic rings. The molecule has 1 N–H and O–H groups in total. The highest BCUT2D eigenvalue weighted by atomic mass is 19.1. The Morgan fingerprint density at radius 3 is 2.97 bits per heavy atom. The number of nitrogens with one attached hydrogen (secondary N) is 1. The number of ether oxygens (including phenoxy) is 1. The lowest BCUT2D eigenvalue weighted by molar-refractivity contribution is 0.120. The number of nitrogens with zero attached hydrogens (tertiary/aromatic N) is 5. The summed E-state index contributed by atoms with van der Waals surface area (Å²) in [6, 6.07) is 11.5. The molecule has 4 heterocycles. The van der Waals surface area contributed by atoms with Gasteiger partial charge in [0.1, 0.15) is 18.4 Å². The molecule has 0 radical (unpaired) electrons. The Labute approximate surface area is 184 Å². The summed E-state index contributed by atoms with van der Waals surface area (Å²) in [5.74, 6) is 0.699. The van der Waals surface area contributed by atoms with E-state index in [1.165, 1.54) is 0 Å². The van der Waals surface area contributed by atoms with Gasteiger partial charge in [0.25, 0.3) is 0 Å². The molecule has 0 saturated carbocycles. The molecule has 0 unspecified atom stereocenters. The van der Waals surface area contributed by atoms with E-state index in [9.17, 15) is 8.78 Å². The van der Waals surface area contributed by atoms with Gasteiger partial charge in [-0.2, -0.15) is 4.98 Å². The predicted octanol–water partition coefficient (Wildman–Crippen LogP) is 3.75. The minimum absolute atomic E-state index is 0.200. The van der Waals surface area contributed by atoms with Crippen LogP contribution in [0.25, 0.3) is 27.5 Å². The van der Waals surface area contributed by atoms with Gasteiger partial charge in [0.05, 0.1) is 18.7 Å². The van der Waals surface area contributed by atoms with Crippen LogP contribution >= 0.6 is 0 Å². The summed E-state index contributed by atoms with van der Waals surface area (Å²) in [7, 11) is 1.56. The van der Waals surface area contributed by atoms with Gasteiger partial charge in [0, 0.05) is 43.0 Å². The normalized spacial score (nSPS) is 19.5. The lowest BCUT2D eigenvalue weighted by Crippen LogP contribution is -2.48. The van der Waals surface area contributed by atoms with Crippen LogP contribution in [0.1, 0.15) is 6.42 Å². The molecule has 0 bridgehead atoms. The summed E-state index contributed by atoms with van der Waals surface area (Å²) in [5, 5.41) is 8.68. The summed E-state index contributed by atoms with van der Waals surface area (Å²) < 4.78 is 34.5. The highest BCUT2D eigenvalue weighted by Crippen LogP contribution is 2.33. The number of methoxy groups -OCH3 is 1. The Morgan fingerprint density at radius 1 is 1.25 bits per heavy atom. The van der Waals surface area contributed by atoms with E-state index in [0.29, 0.717) is 24.8 Å². The minimum atomic E-state index is -1.13. The Morgan fingerprint density at radius 2 is 2.16 bits per heavy atom. The number of anilines is 1. The van der Waals surface area contributed by atoms with E-state index in [1.54, 1.807) is 22.7 Å². The number of benzene rings is 1. The van der Waals surface area contributed by atoms with Gasteiger partial charge >= 0.3 is 0 Å². The molecule has 5 rings (SSSR count). The van der Waals surface area contributed by atoms with Crippen LogP contribution in [0, 0.1) is 0 Å². The standard InChI is InChI=1S/C23H24F2N6O/c1-32-22-21-17(15-4-5-19-16(13-15)3-2-9-26-19)6-11-31(21)29-23(28-22)27-20-7-10-30(12-8-24)14-18(20)25/h2-6,9,11,13,18,20H,7-8,10,12,14H2,1H3,(H,27,29)/t18-,20+/m1/s1. The van der Waals surface area contributed by atoms with Crippen LogP contribution in [0.3, 0.4) is 0 Å². The molecule has 0 spiro atoms. The van der Waals surface area contributed by atoms with Gasteiger partial charge in [-0.1, -0.05) is 12.1 Å². The van der Waals surface area contributed by atoms with Crippen molar-refractivity contribution < 1.29 is 13.5 Å². The van der Waals surface area contributed by atoms with E-state index >= 15 is 0 Å². The molecule has 1 saturated heterocycles. The Bertz CT molecular complexity index is 1250. The maximum absolute atomic E-state index is 14.6. The van der Waals surface area contributed by atoms with Crippen molar-refractivity contribution >= 4 is 22.4 Å². The number of rotatable bonds is 6. The Kier molecular flexibility index (Phi) is 5.57. The van der Waals surface area contributed by atoms with Crippen molar-refractivity contribution in [2.75, 3.05) is 38.7 Å². The van der Waals surface area contributed by atoms with Crippen LogP contribution in [-0.4, -0.2) is 70.1 Å². The zero-order valence-corrected chi connectivity index (χ0v) is 17.7. The van der Waals surface area contributed by atoms with Crippen molar-refractivity contribution in [1.29, 1.82) is 0 Å². The first-order valence-corrected chi connectivity index (χ1v) is 10.6. The van der Waals surface area contributed by atoms with E-state index in [4.69, 9.17) is 4.74 Å². The Hall–Kier alpha value is -3.33. The van der Waals surface area contributed by atoms with Gasteiger partial charge in [-0.25, -0.2) is 13.3 Å². The molecular formula is C23H24F2N6O. The largest absolute Gasteiger partial charge is 0.479 e. The van der Waals surface area contributed by atoms with Gasteiger partial charge in [0.2, 0.25) is 11.8 Å². The molecule has 0 aliphatic carbocycles. The van der Waals surface area contributed by atoms with Gasteiger partial charge in [-0.15, -0.1) is 5.10 Å². The van der Waals surface area contributed by atoms with E-state index in [0.717, 1.165) is 27.5 Å². The fraction of sp³-hybridized carbons (Fsp3) is 0.348. The van der Waals surface area contributed by atoms with Crippen LogP contribution in [0.5, 0.6) is 5.88 Å². The summed E-state index contributed by atoms with van der Waals surface area (Å²) >= 11 is 0. The summed E-state index contributed by atoms with van der Waals surface area (Å²) in [6.07, 6.45) is 3.03. The predicted molar refractivity (Wildman–Crippen MR) is 120 cm³/mol. The molecule has 3 aromatic heterocycles. The second-order valence-electron chi connectivity index (χ2n) is 7.92. The smallest absolute Gasteiger partial charge is 0.244 e. The number of hydrogen-bond donors (Lipinski definition) is 1. The molecule has 1 fully saturated rings. The number of fused-ring (bicyclic) bond motifs is 2. The van der Waals surface area contributed by atoms with Gasteiger partial charge in [0.15, 0.2) is 0 Å². The maximum Gasteiger partial charge on any atom is 0.244 e. The van der Waals surface area contributed by atoms with Crippen LogP contribution in [0.4, 0.5) is 14.7 Å². The van der Waals surface area contributed by atoms with Crippen molar-refractivity contribution in [3.8, 4) is 17.0 Å². The monoisotopic (exact) mass is 438 g/mol. The van der Waals surface area contributed by atoms with E-state index in [-0.39, 0.29) is 13.1 Å². The molecule has 32 heavy (non-hydrogen) atoms. The maximum atomic E-state index is 14.6. The quantitative estimate of drug-likeness (QED) is 0.495. The third-order valence-electron chi connectivity index (χ3n) is 5.93. The van der Waals surface area contributed by atoms with Gasteiger partial charge < -0.3 is 10.1 Å². The lowest BCUT2D eigenvalue weighted by atomic mass is 10.0. The summed E-state index contributed by atoms with van der Waals surface area (Å²) in [4.78, 5) is 10.7. The molecule has 9 heteroatoms. The van der Waals surface area contributed by atoms with Gasteiger partial charge in [-0.05, 0) is 36.2 Å². The minimum Gasteiger partial charge on any atom is -0.479 e. The highest BCUT2D eigenvalue weighted by Gasteiger charge is 2.30. The first kappa shape index (κ1) is 20.6. The zero-order valence-electron chi connectivity index (χ0n) is 17.7. The summed E-state index contributed by atoms with van der Waals surface area (Å²) in [5.41, 5.74) is 3.59. The van der Waals surface area contributed by atoms with Crippen LogP contribution in [0.2, 0.25) is 0 Å². The molecule has 2 atom stereocenters. The topological polar surface area (TPSA) is 67.6 Å². The number of hydrogen-bond acceptors (Lipinski definition) is 6. The summed E-state index contributed by atoms with van der Waals surface area (Å²) in [6.45, 7) is 0.628. The van der Waals surface area contributed by atoms with Crippen molar-refractivity contribution in [3.05, 3.63) is 48.8 Å². The third kappa shape index (κ3) is 3.84. The molecule has 0 amide bonds. The molecule has 166 valence electrons. The van der Waals surface area contributed by atoms with Crippen LogP contribution in [0.15, 0.2) is 48.8 Å². The fourth-order valence-electron chi connectivity index (χ4n) is 4.29. The highest BCUT2D eigenvalue weighted by molar-refractivity contribution is 5.90. The average molecular weight is 438 g/mol. The molecule has 7 nitrogen and oxygen atoms in total. The molecule has 1 aliphatic heterocycles. The number of alkyl halides is 2. The number of pyridine rings is 1. The van der Waals surface area contributed by atoms with E-state index < -0.39 is 18.9 Å². The third-order valence-corrected chi connectivity index (χ3v) is 5.93. The molecule has 1 aromatic carbocycles. The van der Waals surface area contributed by atoms with Crippen molar-refractivity contribution in [2.24, 2.45) is 0 Å². The number of halogens is 2. The van der Waals surface area contributed by atoms with Crippen molar-refractivity contribution in [3.63, 3.8) is 0 Å². The SMILES string of the molecule is COc1nc(N[C@H]2CCN(CCF)C[C@H]2F)nn2ccc(-c3ccc4ncccc4c3)c12. The second kappa shape index (κ2) is 8.66. The van der Waals surface area contributed by atoms with Crippen LogP contribution in [-0.2, 0) is 0 Å². The van der Waals surface area contributed by atoms with Crippen molar-refractivity contribution in [2.45, 2.75) is 18.6 Å². The number of likely N-dealkylation sites (tertiary alicyclic amines) is 1. The van der Waals surface area contributed by atoms with Gasteiger partial charge in [-0.3, -0.25) is 9.88 Å². The van der Waals surface area contributed by atoms with E-state index in [1.807, 2.05) is 36.5 Å². The fourth-order valence-corrected chi connectivity index (χ4v) is 4.29. The lowest BCUT2D eigenvalue weighted by Gasteiger charge is -2.34. The van der Waals surface area contributed by atoms with Crippen molar-refractivity contribution in [1.82, 2.24) is 24.5 Å². The second-order valence-corrected chi connectivity index (χ2v) is 7.92. The molecule has 4 aromatic rings.